The van der Waals surface area contributed by atoms with Crippen LogP contribution in [0.1, 0.15) is 19.3 Å². The van der Waals surface area contributed by atoms with Crippen LogP contribution in [0.5, 0.6) is 0 Å². The minimum atomic E-state index is -3.00. The van der Waals surface area contributed by atoms with E-state index in [1.54, 1.807) is 4.31 Å². The quantitative estimate of drug-likeness (QED) is 0.589. The van der Waals surface area contributed by atoms with Gasteiger partial charge in [0.1, 0.15) is 0 Å². The first-order valence-electron chi connectivity index (χ1n) is 5.76. The first-order valence-corrected chi connectivity index (χ1v) is 8.73. The molecule has 1 atom stereocenters. The van der Waals surface area contributed by atoms with E-state index in [1.165, 1.54) is 6.26 Å². The van der Waals surface area contributed by atoms with Gasteiger partial charge in [0, 0.05) is 18.4 Å². The highest BCUT2D eigenvalue weighted by molar-refractivity contribution is 9.09. The average Bonchev–Trinajstić information content (AvgIpc) is 2.24. The van der Waals surface area contributed by atoms with E-state index in [0.717, 1.165) is 37.7 Å². The van der Waals surface area contributed by atoms with Gasteiger partial charge in [-0.1, -0.05) is 15.9 Å². The van der Waals surface area contributed by atoms with Crippen LogP contribution in [-0.2, 0) is 10.0 Å². The Balaban J connectivity index is 2.28. The lowest BCUT2D eigenvalue weighted by atomic mass is 10.00. The second-order valence-electron chi connectivity index (χ2n) is 4.38. The predicted octanol–water partition coefficient (Wildman–Crippen LogP) is 1.03. The summed E-state index contributed by atoms with van der Waals surface area (Å²) in [5.74, 6) is 0.471. The molecular formula is C10H21BrN2O2S. The number of nitrogens with zero attached hydrogens (tertiary/aromatic N) is 1. The minimum Gasteiger partial charge on any atom is -0.316 e. The molecule has 0 saturated carbocycles. The maximum Gasteiger partial charge on any atom is 0.211 e. The number of piperidine rings is 1. The van der Waals surface area contributed by atoms with E-state index in [4.69, 9.17) is 0 Å². The molecule has 0 aromatic heterocycles. The van der Waals surface area contributed by atoms with Crippen LogP contribution in [0, 0.1) is 5.92 Å². The number of hydrogen-bond acceptors (Lipinski definition) is 3. The lowest BCUT2D eigenvalue weighted by molar-refractivity contribution is 0.261. The number of alkyl halides is 1. The van der Waals surface area contributed by atoms with Crippen LogP contribution in [0.4, 0.5) is 0 Å². The summed E-state index contributed by atoms with van der Waals surface area (Å²) in [6, 6.07) is 0. The zero-order valence-corrected chi connectivity index (χ0v) is 12.2. The molecule has 1 fully saturated rings. The molecular weight excluding hydrogens is 292 g/mol. The summed E-state index contributed by atoms with van der Waals surface area (Å²) < 4.78 is 24.4. The van der Waals surface area contributed by atoms with Crippen molar-refractivity contribution in [3.8, 4) is 0 Å². The van der Waals surface area contributed by atoms with Gasteiger partial charge in [-0.05, 0) is 38.3 Å². The Kier molecular flexibility index (Phi) is 6.25. The molecule has 4 nitrogen and oxygen atoms in total. The summed E-state index contributed by atoms with van der Waals surface area (Å²) in [5.41, 5.74) is 0. The summed E-state index contributed by atoms with van der Waals surface area (Å²) in [5, 5.41) is 4.39. The van der Waals surface area contributed by atoms with Crippen molar-refractivity contribution in [3.63, 3.8) is 0 Å². The average molecular weight is 313 g/mol. The van der Waals surface area contributed by atoms with Gasteiger partial charge in [-0.3, -0.25) is 0 Å². The lowest BCUT2D eigenvalue weighted by Gasteiger charge is -2.31. The molecule has 1 aliphatic rings. The molecule has 0 bridgehead atoms. The second kappa shape index (κ2) is 6.93. The van der Waals surface area contributed by atoms with Gasteiger partial charge < -0.3 is 5.32 Å². The van der Waals surface area contributed by atoms with Gasteiger partial charge in [0.15, 0.2) is 0 Å². The molecule has 1 heterocycles. The fourth-order valence-electron chi connectivity index (χ4n) is 1.99. The number of rotatable bonds is 6. The molecule has 0 radical (unpaired) electrons. The second-order valence-corrected chi connectivity index (χ2v) is 7.15. The highest BCUT2D eigenvalue weighted by atomic mass is 79.9. The molecule has 1 saturated heterocycles. The maximum absolute atomic E-state index is 11.4. The molecule has 0 amide bonds. The van der Waals surface area contributed by atoms with Crippen LogP contribution < -0.4 is 5.32 Å². The molecule has 1 aliphatic heterocycles. The van der Waals surface area contributed by atoms with Gasteiger partial charge in [0.2, 0.25) is 10.0 Å². The Morgan fingerprint density at radius 1 is 1.50 bits per heavy atom. The molecule has 0 aromatic carbocycles. The van der Waals surface area contributed by atoms with E-state index in [9.17, 15) is 8.42 Å². The Morgan fingerprint density at radius 3 is 2.88 bits per heavy atom. The third-order valence-corrected chi connectivity index (χ3v) is 4.70. The topological polar surface area (TPSA) is 49.4 Å². The Labute approximate surface area is 107 Å². The van der Waals surface area contributed by atoms with Crippen molar-refractivity contribution in [3.05, 3.63) is 0 Å². The molecule has 0 aromatic rings. The van der Waals surface area contributed by atoms with Gasteiger partial charge in [-0.15, -0.1) is 0 Å². The van der Waals surface area contributed by atoms with Crippen LogP contribution in [0.25, 0.3) is 0 Å². The number of sulfonamides is 1. The molecule has 6 heteroatoms. The van der Waals surface area contributed by atoms with E-state index in [1.807, 2.05) is 0 Å². The number of halogens is 1. The van der Waals surface area contributed by atoms with Gasteiger partial charge in [-0.25, -0.2) is 12.7 Å². The van der Waals surface area contributed by atoms with E-state index >= 15 is 0 Å². The standard InChI is InChI=1S/C10H21BrN2O2S/c1-16(14,15)13-7-2-4-10(9-13)8-12-6-3-5-11/h10,12H,2-9H2,1H3. The SMILES string of the molecule is CS(=O)(=O)N1CCCC(CNCCCBr)C1. The molecule has 1 rings (SSSR count). The van der Waals surface area contributed by atoms with Crippen molar-refractivity contribution in [1.29, 1.82) is 0 Å². The van der Waals surface area contributed by atoms with E-state index in [2.05, 4.69) is 21.2 Å². The molecule has 0 spiro atoms. The molecule has 1 unspecified atom stereocenters. The lowest BCUT2D eigenvalue weighted by Crippen LogP contribution is -2.42. The summed E-state index contributed by atoms with van der Waals surface area (Å²) in [4.78, 5) is 0. The van der Waals surface area contributed by atoms with E-state index < -0.39 is 10.0 Å². The van der Waals surface area contributed by atoms with Crippen LogP contribution in [0.15, 0.2) is 0 Å². The first kappa shape index (κ1) is 14.4. The van der Waals surface area contributed by atoms with Crippen LogP contribution in [-0.4, -0.2) is 50.5 Å². The van der Waals surface area contributed by atoms with E-state index in [0.29, 0.717) is 19.0 Å². The van der Waals surface area contributed by atoms with Crippen LogP contribution >= 0.6 is 15.9 Å². The van der Waals surface area contributed by atoms with Crippen molar-refractivity contribution in [2.24, 2.45) is 5.92 Å². The third kappa shape index (κ3) is 5.12. The van der Waals surface area contributed by atoms with E-state index in [-0.39, 0.29) is 0 Å². The Morgan fingerprint density at radius 2 is 2.25 bits per heavy atom. The smallest absolute Gasteiger partial charge is 0.211 e. The Bertz CT molecular complexity index is 295. The van der Waals surface area contributed by atoms with Crippen molar-refractivity contribution >= 4 is 26.0 Å². The van der Waals surface area contributed by atoms with Crippen molar-refractivity contribution in [1.82, 2.24) is 9.62 Å². The molecule has 16 heavy (non-hydrogen) atoms. The van der Waals surface area contributed by atoms with Crippen molar-refractivity contribution in [2.75, 3.05) is 37.8 Å². The fraction of sp³-hybridized carbons (Fsp3) is 1.00. The highest BCUT2D eigenvalue weighted by Gasteiger charge is 2.25. The van der Waals surface area contributed by atoms with Gasteiger partial charge in [0.25, 0.3) is 0 Å². The third-order valence-electron chi connectivity index (χ3n) is 2.87. The maximum atomic E-state index is 11.4. The highest BCUT2D eigenvalue weighted by Crippen LogP contribution is 2.17. The monoisotopic (exact) mass is 312 g/mol. The minimum absolute atomic E-state index is 0.471. The van der Waals surface area contributed by atoms with Gasteiger partial charge >= 0.3 is 0 Å². The van der Waals surface area contributed by atoms with Gasteiger partial charge in [0.05, 0.1) is 6.26 Å². The van der Waals surface area contributed by atoms with Crippen molar-refractivity contribution in [2.45, 2.75) is 19.3 Å². The molecule has 0 aliphatic carbocycles. The van der Waals surface area contributed by atoms with Crippen LogP contribution in [0.3, 0.4) is 0 Å². The fourth-order valence-corrected chi connectivity index (χ4v) is 3.22. The van der Waals surface area contributed by atoms with Crippen LogP contribution in [0.2, 0.25) is 0 Å². The summed E-state index contributed by atoms with van der Waals surface area (Å²) in [7, 11) is -3.00. The molecule has 96 valence electrons. The zero-order chi connectivity index (χ0) is 12.0. The Hall–Kier alpha value is 0.350. The largest absolute Gasteiger partial charge is 0.316 e. The summed E-state index contributed by atoms with van der Waals surface area (Å²) >= 11 is 3.38. The summed E-state index contributed by atoms with van der Waals surface area (Å²) in [6.07, 6.45) is 4.53. The number of nitrogens with one attached hydrogen (secondary N) is 1. The number of hydrogen-bond donors (Lipinski definition) is 1. The molecule has 1 N–H and O–H groups in total. The first-order chi connectivity index (χ1) is 7.54. The predicted molar refractivity (Wildman–Crippen MR) is 70.4 cm³/mol. The van der Waals surface area contributed by atoms with Crippen molar-refractivity contribution < 1.29 is 8.42 Å². The van der Waals surface area contributed by atoms with Gasteiger partial charge in [-0.2, -0.15) is 0 Å². The normalized spacial score (nSPS) is 23.5. The summed E-state index contributed by atoms with van der Waals surface area (Å²) in [6.45, 7) is 3.30. The zero-order valence-electron chi connectivity index (χ0n) is 9.78.